The number of morpholine rings is 1. The fraction of sp³-hybridized carbons (Fsp3) is 0.500. The molecule has 1 heterocycles. The van der Waals surface area contributed by atoms with Crippen LogP contribution in [-0.2, 0) is 9.53 Å². The van der Waals surface area contributed by atoms with E-state index >= 15 is 0 Å². The van der Waals surface area contributed by atoms with Crippen molar-refractivity contribution in [3.05, 3.63) is 29.8 Å². The number of carbonyl (C=O) groups excluding carboxylic acids is 2. The third kappa shape index (κ3) is 4.29. The minimum absolute atomic E-state index is 0.0567. The van der Waals surface area contributed by atoms with Gasteiger partial charge in [0, 0.05) is 19.5 Å². The second-order valence-corrected chi connectivity index (χ2v) is 5.60. The van der Waals surface area contributed by atoms with Crippen LogP contribution in [0, 0.1) is 5.92 Å². The molecule has 0 radical (unpaired) electrons. The molecule has 0 unspecified atom stereocenters. The van der Waals surface area contributed by atoms with Crippen molar-refractivity contribution in [2.75, 3.05) is 31.6 Å². The number of rotatable bonds is 4. The number of hydrogen-bond acceptors (Lipinski definition) is 3. The van der Waals surface area contributed by atoms with E-state index in [0.717, 1.165) is 0 Å². The Morgan fingerprint density at radius 3 is 2.57 bits per heavy atom. The van der Waals surface area contributed by atoms with E-state index in [0.29, 0.717) is 44.0 Å². The molecule has 0 saturated carbocycles. The minimum atomic E-state index is -0.0628. The number of anilines is 1. The van der Waals surface area contributed by atoms with E-state index in [1.165, 1.54) is 0 Å². The van der Waals surface area contributed by atoms with Gasteiger partial charge in [0.05, 0.1) is 24.5 Å². The van der Waals surface area contributed by atoms with Crippen molar-refractivity contribution in [3.63, 3.8) is 0 Å². The number of amides is 2. The highest BCUT2D eigenvalue weighted by Gasteiger charge is 2.21. The molecule has 2 amide bonds. The number of carbonyl (C=O) groups is 2. The van der Waals surface area contributed by atoms with E-state index < -0.39 is 0 Å². The average Bonchev–Trinajstić information content (AvgIpc) is 2.47. The van der Waals surface area contributed by atoms with Crippen LogP contribution in [0.1, 0.15) is 30.6 Å². The topological polar surface area (TPSA) is 58.6 Å². The van der Waals surface area contributed by atoms with Gasteiger partial charge in [0.15, 0.2) is 0 Å². The Morgan fingerprint density at radius 2 is 1.90 bits per heavy atom. The molecule has 0 aliphatic carbocycles. The third-order valence-electron chi connectivity index (χ3n) is 3.32. The Kier molecular flexibility index (Phi) is 5.33. The van der Waals surface area contributed by atoms with Crippen LogP contribution in [-0.4, -0.2) is 43.0 Å². The Labute approximate surface area is 125 Å². The Hall–Kier alpha value is -1.88. The molecule has 2 rings (SSSR count). The minimum Gasteiger partial charge on any atom is -0.378 e. The zero-order valence-corrected chi connectivity index (χ0v) is 12.6. The summed E-state index contributed by atoms with van der Waals surface area (Å²) in [5.41, 5.74) is 1.12. The maximum absolute atomic E-state index is 12.5. The highest BCUT2D eigenvalue weighted by molar-refractivity contribution is 6.03. The van der Waals surface area contributed by atoms with Gasteiger partial charge in [-0.25, -0.2) is 0 Å². The molecule has 1 aliphatic rings. The molecule has 1 aliphatic heterocycles. The summed E-state index contributed by atoms with van der Waals surface area (Å²) < 4.78 is 5.26. The van der Waals surface area contributed by atoms with Crippen molar-refractivity contribution in [3.8, 4) is 0 Å². The van der Waals surface area contributed by atoms with Crippen LogP contribution in [0.5, 0.6) is 0 Å². The summed E-state index contributed by atoms with van der Waals surface area (Å²) in [4.78, 5) is 26.2. The quantitative estimate of drug-likeness (QED) is 0.924. The molecule has 1 aromatic carbocycles. The maximum Gasteiger partial charge on any atom is 0.256 e. The lowest BCUT2D eigenvalue weighted by atomic mass is 10.1. The molecular weight excluding hydrogens is 268 g/mol. The predicted molar refractivity (Wildman–Crippen MR) is 81.2 cm³/mol. The van der Waals surface area contributed by atoms with E-state index in [9.17, 15) is 9.59 Å². The lowest BCUT2D eigenvalue weighted by Gasteiger charge is -2.27. The average molecular weight is 290 g/mol. The lowest BCUT2D eigenvalue weighted by Crippen LogP contribution is -2.41. The fourth-order valence-corrected chi connectivity index (χ4v) is 2.29. The molecule has 1 N–H and O–H groups in total. The molecule has 0 spiro atoms. The summed E-state index contributed by atoms with van der Waals surface area (Å²) in [6.45, 7) is 6.29. The van der Waals surface area contributed by atoms with E-state index in [-0.39, 0.29) is 17.7 Å². The molecule has 114 valence electrons. The SMILES string of the molecule is CC(C)CC(=O)Nc1ccccc1C(=O)N1CCOCC1. The first-order chi connectivity index (χ1) is 10.1. The summed E-state index contributed by atoms with van der Waals surface area (Å²) in [6.07, 6.45) is 0.445. The molecule has 1 fully saturated rings. The van der Waals surface area contributed by atoms with Crippen LogP contribution < -0.4 is 5.32 Å². The van der Waals surface area contributed by atoms with Crippen LogP contribution >= 0.6 is 0 Å². The van der Waals surface area contributed by atoms with Crippen molar-refractivity contribution in [2.24, 2.45) is 5.92 Å². The third-order valence-corrected chi connectivity index (χ3v) is 3.32. The van der Waals surface area contributed by atoms with E-state index in [1.54, 1.807) is 17.0 Å². The van der Waals surface area contributed by atoms with Crippen molar-refractivity contribution < 1.29 is 14.3 Å². The second kappa shape index (κ2) is 7.22. The number of nitrogens with zero attached hydrogens (tertiary/aromatic N) is 1. The number of hydrogen-bond donors (Lipinski definition) is 1. The zero-order chi connectivity index (χ0) is 15.2. The monoisotopic (exact) mass is 290 g/mol. The van der Waals surface area contributed by atoms with E-state index in [2.05, 4.69) is 5.32 Å². The van der Waals surface area contributed by atoms with Crippen molar-refractivity contribution in [2.45, 2.75) is 20.3 Å². The zero-order valence-electron chi connectivity index (χ0n) is 12.6. The fourth-order valence-electron chi connectivity index (χ4n) is 2.29. The van der Waals surface area contributed by atoms with Gasteiger partial charge in [-0.15, -0.1) is 0 Å². The van der Waals surface area contributed by atoms with Gasteiger partial charge in [0.1, 0.15) is 0 Å². The van der Waals surface area contributed by atoms with Crippen LogP contribution in [0.15, 0.2) is 24.3 Å². The van der Waals surface area contributed by atoms with Gasteiger partial charge in [0.2, 0.25) is 5.91 Å². The molecule has 1 aromatic rings. The molecule has 0 aromatic heterocycles. The maximum atomic E-state index is 12.5. The highest BCUT2D eigenvalue weighted by Crippen LogP contribution is 2.19. The molecule has 0 bridgehead atoms. The summed E-state index contributed by atoms with van der Waals surface area (Å²) in [5, 5.41) is 2.84. The number of para-hydroxylation sites is 1. The van der Waals surface area contributed by atoms with Crippen molar-refractivity contribution >= 4 is 17.5 Å². The van der Waals surface area contributed by atoms with Crippen LogP contribution in [0.3, 0.4) is 0 Å². The first kappa shape index (κ1) is 15.5. The summed E-state index contributed by atoms with van der Waals surface area (Å²) in [5.74, 6) is 0.165. The molecule has 21 heavy (non-hydrogen) atoms. The Balaban J connectivity index is 2.12. The summed E-state index contributed by atoms with van der Waals surface area (Å²) in [6, 6.07) is 7.15. The van der Waals surface area contributed by atoms with Gasteiger partial charge >= 0.3 is 0 Å². The van der Waals surface area contributed by atoms with Gasteiger partial charge in [-0.2, -0.15) is 0 Å². The van der Waals surface area contributed by atoms with E-state index in [4.69, 9.17) is 4.74 Å². The number of benzene rings is 1. The van der Waals surface area contributed by atoms with Gasteiger partial charge in [-0.1, -0.05) is 26.0 Å². The van der Waals surface area contributed by atoms with Gasteiger partial charge in [-0.3, -0.25) is 9.59 Å². The molecule has 1 saturated heterocycles. The first-order valence-electron chi connectivity index (χ1n) is 7.34. The molecule has 5 nitrogen and oxygen atoms in total. The number of nitrogens with one attached hydrogen (secondary N) is 1. The van der Waals surface area contributed by atoms with Crippen LogP contribution in [0.2, 0.25) is 0 Å². The Morgan fingerprint density at radius 1 is 1.24 bits per heavy atom. The number of ether oxygens (including phenoxy) is 1. The lowest BCUT2D eigenvalue weighted by molar-refractivity contribution is -0.116. The predicted octanol–water partition coefficient (Wildman–Crippen LogP) is 2.14. The molecular formula is C16H22N2O3. The standard InChI is InChI=1S/C16H22N2O3/c1-12(2)11-15(19)17-14-6-4-3-5-13(14)16(20)18-7-9-21-10-8-18/h3-6,12H,7-11H2,1-2H3,(H,17,19). The Bertz CT molecular complexity index is 508. The second-order valence-electron chi connectivity index (χ2n) is 5.60. The van der Waals surface area contributed by atoms with E-state index in [1.807, 2.05) is 26.0 Å². The van der Waals surface area contributed by atoms with Crippen LogP contribution in [0.25, 0.3) is 0 Å². The largest absolute Gasteiger partial charge is 0.378 e. The van der Waals surface area contributed by atoms with Gasteiger partial charge in [-0.05, 0) is 18.1 Å². The normalized spacial score (nSPS) is 15.1. The summed E-state index contributed by atoms with van der Waals surface area (Å²) >= 11 is 0. The van der Waals surface area contributed by atoms with Crippen molar-refractivity contribution in [1.29, 1.82) is 0 Å². The first-order valence-corrected chi connectivity index (χ1v) is 7.34. The smallest absolute Gasteiger partial charge is 0.256 e. The molecule has 0 atom stereocenters. The van der Waals surface area contributed by atoms with Crippen LogP contribution in [0.4, 0.5) is 5.69 Å². The summed E-state index contributed by atoms with van der Waals surface area (Å²) in [7, 11) is 0. The van der Waals surface area contributed by atoms with Gasteiger partial charge < -0.3 is 15.0 Å². The van der Waals surface area contributed by atoms with Crippen molar-refractivity contribution in [1.82, 2.24) is 4.90 Å². The highest BCUT2D eigenvalue weighted by atomic mass is 16.5. The molecule has 5 heteroatoms. The van der Waals surface area contributed by atoms with Gasteiger partial charge in [0.25, 0.3) is 5.91 Å².